The second-order valence-electron chi connectivity index (χ2n) is 2.84. The molecule has 0 aliphatic rings. The van der Waals surface area contributed by atoms with E-state index in [0.29, 0.717) is 11.3 Å². The fraction of sp³-hybridized carbons (Fsp3) is 0.222. The van der Waals surface area contributed by atoms with Crippen molar-refractivity contribution in [2.45, 2.75) is 6.92 Å². The lowest BCUT2D eigenvalue weighted by atomic mass is 10.1. The lowest BCUT2D eigenvalue weighted by molar-refractivity contribution is 0.0599. The smallest absolute Gasteiger partial charge is 0.339 e. The minimum Gasteiger partial charge on any atom is -0.465 e. The third-order valence-corrected chi connectivity index (χ3v) is 2.59. The highest BCUT2D eigenvalue weighted by Crippen LogP contribution is 2.09. The van der Waals surface area contributed by atoms with Gasteiger partial charge in [0.1, 0.15) is 0 Å². The van der Waals surface area contributed by atoms with Crippen molar-refractivity contribution in [2.75, 3.05) is 7.11 Å². The van der Waals surface area contributed by atoms with Gasteiger partial charge < -0.3 is 4.74 Å². The summed E-state index contributed by atoms with van der Waals surface area (Å²) >= 11 is 2.07. The average Bonchev–Trinajstić information content (AvgIpc) is 2.29. The lowest BCUT2D eigenvalue weighted by Crippen LogP contribution is -2.05. The number of ether oxygens (including phenoxy) is 1. The van der Waals surface area contributed by atoms with Crippen molar-refractivity contribution in [3.8, 4) is 0 Å². The second kappa shape index (κ2) is 6.69. The summed E-state index contributed by atoms with van der Waals surface area (Å²) in [4.78, 5) is 18.1. The van der Waals surface area contributed by atoms with E-state index in [1.807, 2.05) is 6.92 Å². The molecule has 1 rings (SSSR count). The molecule has 0 atom stereocenters. The quantitative estimate of drug-likeness (QED) is 0.296. The zero-order valence-electron chi connectivity index (χ0n) is 8.73. The summed E-state index contributed by atoms with van der Waals surface area (Å²) in [7, 11) is 2.70. The number of rotatable bonds is 4. The summed E-state index contributed by atoms with van der Waals surface area (Å²) in [6, 6.07) is 1.77. The normalized spacial score (nSPS) is 10.4. The van der Waals surface area contributed by atoms with Gasteiger partial charge in [-0.25, -0.2) is 9.63 Å². The Morgan fingerprint density at radius 3 is 3.06 bits per heavy atom. The summed E-state index contributed by atoms with van der Waals surface area (Å²) in [6.07, 6.45) is 3.07. The van der Waals surface area contributed by atoms with E-state index in [1.165, 1.54) is 22.4 Å². The van der Waals surface area contributed by atoms with Crippen LogP contribution in [0.5, 0.6) is 0 Å². The molecule has 0 fully saturated rings. The molecule has 0 amide bonds. The van der Waals surface area contributed by atoms with Gasteiger partial charge in [-0.2, -0.15) is 5.10 Å². The van der Waals surface area contributed by atoms with Gasteiger partial charge in [-0.15, -0.1) is 0 Å². The molecule has 0 aliphatic carbocycles. The molecule has 0 bridgehead atoms. The molecule has 0 saturated carbocycles. The van der Waals surface area contributed by atoms with Crippen LogP contribution >= 0.6 is 30.3 Å². The molecule has 0 spiro atoms. The molecule has 16 heavy (non-hydrogen) atoms. The van der Waals surface area contributed by atoms with E-state index in [4.69, 9.17) is 0 Å². The summed E-state index contributed by atoms with van der Waals surface area (Å²) in [5, 5.41) is 3.90. The van der Waals surface area contributed by atoms with Crippen molar-refractivity contribution in [1.29, 1.82) is 0 Å². The highest BCUT2D eigenvalue weighted by atomic mass is 127. The van der Waals surface area contributed by atoms with Crippen molar-refractivity contribution in [2.24, 2.45) is 5.10 Å². The molecule has 0 radical (unpaired) electrons. The molecule has 5 nitrogen and oxygen atoms in total. The molecular formula is C9H10IN3O2S. The number of pyridine rings is 1. The van der Waals surface area contributed by atoms with Gasteiger partial charge in [-0.1, -0.05) is 0 Å². The van der Waals surface area contributed by atoms with Crippen molar-refractivity contribution >= 4 is 42.5 Å². The van der Waals surface area contributed by atoms with Crippen molar-refractivity contribution in [3.63, 3.8) is 0 Å². The number of aromatic nitrogens is 1. The zero-order chi connectivity index (χ0) is 12.0. The standard InChI is InChI=1S/C9H10IN3O2S/c1-6-3-7(4-12-13-16-10)11-5-8(6)9(14)15-2/h3-5,13H,1-2H3/b12-4+. The molecule has 0 saturated heterocycles. The van der Waals surface area contributed by atoms with Crippen LogP contribution in [-0.2, 0) is 4.74 Å². The monoisotopic (exact) mass is 351 g/mol. The molecule has 0 aromatic carbocycles. The number of hydrogen-bond acceptors (Lipinski definition) is 6. The number of carbonyl (C=O) groups is 1. The van der Waals surface area contributed by atoms with E-state index in [1.54, 1.807) is 12.3 Å². The van der Waals surface area contributed by atoms with E-state index in [0.717, 1.165) is 5.56 Å². The SMILES string of the molecule is COC(=O)c1cnc(/C=N/NSI)cc1C. The number of aryl methyl sites for hydroxylation is 1. The highest BCUT2D eigenvalue weighted by molar-refractivity contribution is 14.2. The Morgan fingerprint density at radius 1 is 1.75 bits per heavy atom. The molecule has 1 heterocycles. The van der Waals surface area contributed by atoms with E-state index < -0.39 is 0 Å². The molecule has 7 heteroatoms. The van der Waals surface area contributed by atoms with Crippen LogP contribution in [0.3, 0.4) is 0 Å². The number of hydrogen-bond donors (Lipinski definition) is 1. The zero-order valence-corrected chi connectivity index (χ0v) is 11.7. The van der Waals surface area contributed by atoms with E-state index in [2.05, 4.69) is 40.9 Å². The molecule has 86 valence electrons. The Labute approximate surface area is 110 Å². The Kier molecular flexibility index (Phi) is 5.53. The maximum atomic E-state index is 11.3. The van der Waals surface area contributed by atoms with Crippen molar-refractivity contribution in [1.82, 2.24) is 9.82 Å². The molecule has 1 N–H and O–H groups in total. The Bertz CT molecular complexity index is 412. The topological polar surface area (TPSA) is 63.6 Å². The van der Waals surface area contributed by atoms with Crippen LogP contribution in [0, 0.1) is 6.92 Å². The number of carbonyl (C=O) groups excluding carboxylic acids is 1. The highest BCUT2D eigenvalue weighted by Gasteiger charge is 2.09. The van der Waals surface area contributed by atoms with Crippen LogP contribution in [0.1, 0.15) is 21.6 Å². The predicted octanol–water partition coefficient (Wildman–Crippen LogP) is 2.10. The summed E-state index contributed by atoms with van der Waals surface area (Å²) in [6.45, 7) is 1.83. The van der Waals surface area contributed by atoms with Crippen molar-refractivity contribution in [3.05, 3.63) is 29.1 Å². The minimum absolute atomic E-state index is 0.380. The van der Waals surface area contributed by atoms with Gasteiger partial charge in [0.25, 0.3) is 0 Å². The first-order valence-corrected chi connectivity index (χ1v) is 7.65. The molecule has 0 unspecified atom stereocenters. The summed E-state index contributed by atoms with van der Waals surface area (Å²) in [5.41, 5.74) is 1.96. The first-order chi connectivity index (χ1) is 7.69. The van der Waals surface area contributed by atoms with Crippen LogP contribution in [0.25, 0.3) is 0 Å². The molecular weight excluding hydrogens is 341 g/mol. The maximum absolute atomic E-state index is 11.3. The van der Waals surface area contributed by atoms with Crippen LogP contribution in [0.2, 0.25) is 0 Å². The number of nitrogens with one attached hydrogen (secondary N) is 1. The number of nitrogens with zero attached hydrogens (tertiary/aromatic N) is 2. The first kappa shape index (κ1) is 13.2. The van der Waals surface area contributed by atoms with Crippen LogP contribution < -0.4 is 4.83 Å². The Hall–Kier alpha value is -0.830. The largest absolute Gasteiger partial charge is 0.465 e. The lowest BCUT2D eigenvalue weighted by Gasteiger charge is -2.03. The van der Waals surface area contributed by atoms with Crippen molar-refractivity contribution < 1.29 is 9.53 Å². The van der Waals surface area contributed by atoms with Crippen LogP contribution in [0.4, 0.5) is 0 Å². The number of hydrazone groups is 1. The number of esters is 1. The number of methoxy groups -OCH3 is 1. The summed E-state index contributed by atoms with van der Waals surface area (Å²) < 4.78 is 4.63. The first-order valence-electron chi connectivity index (χ1n) is 4.29. The molecule has 0 aliphatic heterocycles. The van der Waals surface area contributed by atoms with Gasteiger partial charge in [0, 0.05) is 36.5 Å². The fourth-order valence-electron chi connectivity index (χ4n) is 1.08. The maximum Gasteiger partial charge on any atom is 0.339 e. The second-order valence-corrected chi connectivity index (χ2v) is 4.50. The summed E-state index contributed by atoms with van der Waals surface area (Å²) in [5.74, 6) is -0.380. The van der Waals surface area contributed by atoms with Gasteiger partial charge in [0.15, 0.2) is 0 Å². The number of halogens is 1. The fourth-order valence-corrected chi connectivity index (χ4v) is 1.52. The van der Waals surface area contributed by atoms with E-state index in [9.17, 15) is 4.79 Å². The van der Waals surface area contributed by atoms with Crippen LogP contribution in [0.15, 0.2) is 17.4 Å². The third kappa shape index (κ3) is 3.63. The van der Waals surface area contributed by atoms with Gasteiger partial charge in [-0.3, -0.25) is 4.98 Å². The van der Waals surface area contributed by atoms with Crippen LogP contribution in [-0.4, -0.2) is 24.3 Å². The predicted molar refractivity (Wildman–Crippen MR) is 72.7 cm³/mol. The Balaban J connectivity index is 2.86. The average molecular weight is 351 g/mol. The Morgan fingerprint density at radius 2 is 2.50 bits per heavy atom. The van der Waals surface area contributed by atoms with Gasteiger partial charge in [0.05, 0.1) is 24.6 Å². The van der Waals surface area contributed by atoms with Gasteiger partial charge in [0.2, 0.25) is 0 Å². The minimum atomic E-state index is -0.380. The van der Waals surface area contributed by atoms with Gasteiger partial charge >= 0.3 is 5.97 Å². The van der Waals surface area contributed by atoms with Gasteiger partial charge in [-0.05, 0) is 18.6 Å². The van der Waals surface area contributed by atoms with E-state index in [-0.39, 0.29) is 5.97 Å². The molecule has 1 aromatic heterocycles. The third-order valence-electron chi connectivity index (χ3n) is 1.82. The van der Waals surface area contributed by atoms with E-state index >= 15 is 0 Å². The molecule has 1 aromatic rings.